The minimum Gasteiger partial charge on any atom is -0.394 e. The molecule has 17 heavy (non-hydrogen) atoms. The van der Waals surface area contributed by atoms with Crippen LogP contribution in [0.5, 0.6) is 0 Å². The summed E-state index contributed by atoms with van der Waals surface area (Å²) in [5.41, 5.74) is 0. The molecule has 0 saturated heterocycles. The molecule has 6 nitrogen and oxygen atoms in total. The number of rotatable bonds is 8. The molecule has 0 aliphatic carbocycles. The van der Waals surface area contributed by atoms with E-state index in [1.807, 2.05) is 0 Å². The van der Waals surface area contributed by atoms with Crippen LogP contribution < -0.4 is 0 Å². The average molecular weight is 256 g/mol. The van der Waals surface area contributed by atoms with E-state index >= 15 is 0 Å². The molecule has 0 aromatic rings. The van der Waals surface area contributed by atoms with E-state index in [0.29, 0.717) is 13.2 Å². The van der Waals surface area contributed by atoms with Crippen molar-refractivity contribution in [3.05, 3.63) is 0 Å². The molecule has 0 rings (SSSR count). The van der Waals surface area contributed by atoms with E-state index in [4.69, 9.17) is 25.2 Å². The van der Waals surface area contributed by atoms with Crippen molar-refractivity contribution >= 4 is 0 Å². The molecule has 0 radical (unpaired) electrons. The number of hydrogen-bond donors (Lipinski definition) is 4. The highest BCUT2D eigenvalue weighted by Crippen LogP contribution is 1.85. The first kappa shape index (κ1) is 22.0. The molecular formula is C11H28O6. The standard InChI is InChI=1S/C6H14O2.C3H8O2.C2H6O2/c1-2-3-5-8-6-4-7;1-5-3-2-4;3-1-2-4/h7H,2-6H2,1H3;4H,2-3H2,1H3;3-4H,1-2H2. The van der Waals surface area contributed by atoms with Crippen LogP contribution in [0.3, 0.4) is 0 Å². The van der Waals surface area contributed by atoms with Gasteiger partial charge in [0.2, 0.25) is 0 Å². The summed E-state index contributed by atoms with van der Waals surface area (Å²) in [4.78, 5) is 0. The maximum Gasteiger partial charge on any atom is 0.0697 e. The van der Waals surface area contributed by atoms with Gasteiger partial charge in [-0.3, -0.25) is 0 Å². The third-order valence-corrected chi connectivity index (χ3v) is 1.27. The van der Waals surface area contributed by atoms with Crippen molar-refractivity contribution in [2.24, 2.45) is 0 Å². The molecule has 0 aliphatic heterocycles. The second-order valence-corrected chi connectivity index (χ2v) is 2.85. The number of aliphatic hydroxyl groups excluding tert-OH is 4. The molecule has 0 bridgehead atoms. The van der Waals surface area contributed by atoms with Gasteiger partial charge < -0.3 is 29.9 Å². The Bertz CT molecular complexity index is 82.0. The molecule has 6 heteroatoms. The fraction of sp³-hybridized carbons (Fsp3) is 1.00. The fourth-order valence-electron chi connectivity index (χ4n) is 0.504. The van der Waals surface area contributed by atoms with Crippen LogP contribution in [0.1, 0.15) is 19.8 Å². The van der Waals surface area contributed by atoms with E-state index < -0.39 is 0 Å². The van der Waals surface area contributed by atoms with E-state index in [1.54, 1.807) is 7.11 Å². The molecule has 0 unspecified atom stereocenters. The quantitative estimate of drug-likeness (QED) is 0.432. The van der Waals surface area contributed by atoms with E-state index in [2.05, 4.69) is 11.7 Å². The molecule has 4 N–H and O–H groups in total. The Morgan fingerprint density at radius 1 is 0.765 bits per heavy atom. The molecule has 108 valence electrons. The SMILES string of the molecule is CCCCOCCO.COCCO.OCCO. The van der Waals surface area contributed by atoms with E-state index in [1.165, 1.54) is 0 Å². The van der Waals surface area contributed by atoms with Gasteiger partial charge >= 0.3 is 0 Å². The molecule has 0 atom stereocenters. The second kappa shape index (κ2) is 29.7. The van der Waals surface area contributed by atoms with Gasteiger partial charge in [0.25, 0.3) is 0 Å². The third-order valence-electron chi connectivity index (χ3n) is 1.27. The lowest BCUT2D eigenvalue weighted by molar-refractivity contribution is 0.0904. The minimum atomic E-state index is -0.125. The van der Waals surface area contributed by atoms with Crippen LogP contribution in [0.2, 0.25) is 0 Å². The molecule has 0 aromatic heterocycles. The topological polar surface area (TPSA) is 99.4 Å². The highest BCUT2D eigenvalue weighted by Gasteiger charge is 1.82. The summed E-state index contributed by atoms with van der Waals surface area (Å²) >= 11 is 0. The van der Waals surface area contributed by atoms with Crippen LogP contribution >= 0.6 is 0 Å². The highest BCUT2D eigenvalue weighted by atomic mass is 16.5. The minimum absolute atomic E-state index is 0.122. The molecular weight excluding hydrogens is 228 g/mol. The first-order valence-corrected chi connectivity index (χ1v) is 5.75. The van der Waals surface area contributed by atoms with Crippen molar-refractivity contribution in [1.82, 2.24) is 0 Å². The van der Waals surface area contributed by atoms with Gasteiger partial charge in [-0.15, -0.1) is 0 Å². The van der Waals surface area contributed by atoms with Gasteiger partial charge in [0.1, 0.15) is 0 Å². The van der Waals surface area contributed by atoms with E-state index in [0.717, 1.165) is 19.4 Å². The zero-order valence-corrected chi connectivity index (χ0v) is 11.0. The van der Waals surface area contributed by atoms with Gasteiger partial charge in [0.05, 0.1) is 39.6 Å². The number of unbranched alkanes of at least 4 members (excludes halogenated alkanes) is 1. The van der Waals surface area contributed by atoms with Crippen LogP contribution in [-0.4, -0.2) is 73.8 Å². The summed E-state index contributed by atoms with van der Waals surface area (Å²) in [6, 6.07) is 0. The number of methoxy groups -OCH3 is 1. The Morgan fingerprint density at radius 2 is 1.29 bits per heavy atom. The second-order valence-electron chi connectivity index (χ2n) is 2.85. The summed E-state index contributed by atoms with van der Waals surface area (Å²) in [7, 11) is 1.55. The van der Waals surface area contributed by atoms with Gasteiger partial charge in [-0.1, -0.05) is 13.3 Å². The normalized spacial score (nSPS) is 8.82. The van der Waals surface area contributed by atoms with Gasteiger partial charge in [-0.25, -0.2) is 0 Å². The van der Waals surface area contributed by atoms with Gasteiger partial charge in [-0.2, -0.15) is 0 Å². The summed E-state index contributed by atoms with van der Waals surface area (Å²) in [6.45, 7) is 3.85. The summed E-state index contributed by atoms with van der Waals surface area (Å²) < 4.78 is 9.41. The lowest BCUT2D eigenvalue weighted by atomic mass is 10.4. The lowest BCUT2D eigenvalue weighted by Crippen LogP contribution is -1.99. The Labute approximate surface area is 104 Å². The first-order chi connectivity index (χ1) is 8.24. The molecule has 0 saturated carbocycles. The molecule has 0 aromatic carbocycles. The lowest BCUT2D eigenvalue weighted by Gasteiger charge is -1.97. The maximum absolute atomic E-state index is 8.24. The Morgan fingerprint density at radius 3 is 1.53 bits per heavy atom. The monoisotopic (exact) mass is 256 g/mol. The third kappa shape index (κ3) is 49.6. The van der Waals surface area contributed by atoms with Crippen molar-refractivity contribution in [2.45, 2.75) is 19.8 Å². The number of ether oxygens (including phenoxy) is 2. The zero-order valence-electron chi connectivity index (χ0n) is 11.0. The predicted octanol–water partition coefficient (Wildman–Crippen LogP) is -0.608. The van der Waals surface area contributed by atoms with Crippen molar-refractivity contribution < 1.29 is 29.9 Å². The zero-order chi connectivity index (χ0) is 13.8. The Balaban J connectivity index is -0.000000188. The Kier molecular flexibility index (Phi) is 38.4. The number of hydrogen-bond acceptors (Lipinski definition) is 6. The molecule has 0 fully saturated rings. The van der Waals surface area contributed by atoms with Crippen LogP contribution in [0.15, 0.2) is 0 Å². The average Bonchev–Trinajstić information content (AvgIpc) is 2.37. The molecule has 0 aliphatic rings. The largest absolute Gasteiger partial charge is 0.394 e. The van der Waals surface area contributed by atoms with Gasteiger partial charge in [-0.05, 0) is 6.42 Å². The molecule has 0 amide bonds. The van der Waals surface area contributed by atoms with Crippen LogP contribution in [0.25, 0.3) is 0 Å². The van der Waals surface area contributed by atoms with Crippen molar-refractivity contribution in [3.8, 4) is 0 Å². The van der Waals surface area contributed by atoms with Gasteiger partial charge in [0.15, 0.2) is 0 Å². The smallest absolute Gasteiger partial charge is 0.0697 e. The van der Waals surface area contributed by atoms with E-state index in [-0.39, 0.29) is 26.4 Å². The molecule has 0 heterocycles. The van der Waals surface area contributed by atoms with E-state index in [9.17, 15) is 0 Å². The van der Waals surface area contributed by atoms with Crippen LogP contribution in [0, 0.1) is 0 Å². The number of aliphatic hydroxyl groups is 4. The summed E-state index contributed by atoms with van der Waals surface area (Å²) in [5.74, 6) is 0. The van der Waals surface area contributed by atoms with Crippen molar-refractivity contribution in [1.29, 1.82) is 0 Å². The summed E-state index contributed by atoms with van der Waals surface area (Å²) in [6.07, 6.45) is 2.26. The molecule has 0 spiro atoms. The van der Waals surface area contributed by atoms with Crippen molar-refractivity contribution in [3.63, 3.8) is 0 Å². The van der Waals surface area contributed by atoms with Crippen molar-refractivity contribution in [2.75, 3.05) is 53.4 Å². The highest BCUT2D eigenvalue weighted by molar-refractivity contribution is 4.30. The summed E-state index contributed by atoms with van der Waals surface area (Å²) in [5, 5.41) is 31.4. The van der Waals surface area contributed by atoms with Gasteiger partial charge in [0, 0.05) is 13.7 Å². The van der Waals surface area contributed by atoms with Crippen LogP contribution in [-0.2, 0) is 9.47 Å². The fourth-order valence-corrected chi connectivity index (χ4v) is 0.504. The first-order valence-electron chi connectivity index (χ1n) is 5.75. The Hall–Kier alpha value is -0.240. The maximum atomic E-state index is 8.24. The van der Waals surface area contributed by atoms with Crippen LogP contribution in [0.4, 0.5) is 0 Å². The predicted molar refractivity (Wildman–Crippen MR) is 65.9 cm³/mol.